The Balaban J connectivity index is 4.07. The Hall–Kier alpha value is 1.56. The Bertz CT molecular complexity index is 128. The van der Waals surface area contributed by atoms with Crippen molar-refractivity contribution in [1.82, 2.24) is 1.76 Å². The fraction of sp³-hybridized carbons (Fsp3) is 1.00. The molecule has 0 aliphatic heterocycles. The van der Waals surface area contributed by atoms with Crippen LogP contribution in [0.25, 0.3) is 0 Å². The molecule has 0 bridgehead atoms. The van der Waals surface area contributed by atoms with Crippen molar-refractivity contribution in [3.05, 3.63) is 0 Å². The molecule has 0 unspecified atom stereocenters. The van der Waals surface area contributed by atoms with Crippen LogP contribution in [-0.2, 0) is 0 Å². The van der Waals surface area contributed by atoms with Crippen molar-refractivity contribution in [1.29, 1.82) is 0 Å². The third kappa shape index (κ3) is 7.48. The van der Waals surface area contributed by atoms with E-state index in [0.717, 1.165) is 0 Å². The SMILES string of the molecule is CC[CH2][Sn]([CH3])([CH3])[NH][Sn]([CH3])([CH3])[CH2]CC. The first kappa shape index (κ1) is 14.6. The van der Waals surface area contributed by atoms with Crippen LogP contribution in [0.15, 0.2) is 0 Å². The van der Waals surface area contributed by atoms with Crippen LogP contribution in [0, 0.1) is 0 Å². The average Bonchev–Trinajstić information content (AvgIpc) is 1.82. The van der Waals surface area contributed by atoms with Crippen molar-refractivity contribution in [2.24, 2.45) is 0 Å². The van der Waals surface area contributed by atoms with E-state index in [2.05, 4.69) is 35.4 Å². The van der Waals surface area contributed by atoms with Crippen LogP contribution < -0.4 is 1.76 Å². The van der Waals surface area contributed by atoms with Crippen molar-refractivity contribution in [3.8, 4) is 0 Å². The zero-order chi connectivity index (χ0) is 10.5. The zero-order valence-electron chi connectivity index (χ0n) is 10.3. The Morgan fingerprint density at radius 3 is 1.31 bits per heavy atom. The molecule has 0 heterocycles. The van der Waals surface area contributed by atoms with Gasteiger partial charge >= 0.3 is 94.4 Å². The first-order chi connectivity index (χ1) is 5.83. The van der Waals surface area contributed by atoms with Crippen LogP contribution in [0.4, 0.5) is 0 Å². The van der Waals surface area contributed by atoms with Crippen molar-refractivity contribution in [2.45, 2.75) is 55.3 Å². The van der Waals surface area contributed by atoms with Crippen LogP contribution in [0.5, 0.6) is 0 Å². The van der Waals surface area contributed by atoms with Crippen LogP contribution >= 0.6 is 0 Å². The number of hydrogen-bond acceptors (Lipinski definition) is 1. The normalized spacial score (nSPS) is 13.4. The van der Waals surface area contributed by atoms with Crippen molar-refractivity contribution >= 4 is 37.3 Å². The second-order valence-corrected chi connectivity index (χ2v) is 35.3. The summed E-state index contributed by atoms with van der Waals surface area (Å²) < 4.78 is 7.18. The predicted octanol–water partition coefficient (Wildman–Crippen LogP) is 3.81. The third-order valence-corrected chi connectivity index (χ3v) is 42.2. The van der Waals surface area contributed by atoms with E-state index < -0.39 is 37.3 Å². The van der Waals surface area contributed by atoms with Gasteiger partial charge in [-0.15, -0.1) is 0 Å². The second kappa shape index (κ2) is 6.21. The molecule has 13 heavy (non-hydrogen) atoms. The molecule has 80 valence electrons. The van der Waals surface area contributed by atoms with Gasteiger partial charge in [0.05, 0.1) is 0 Å². The fourth-order valence-corrected chi connectivity index (χ4v) is 55.2. The van der Waals surface area contributed by atoms with Crippen LogP contribution in [0.3, 0.4) is 0 Å². The van der Waals surface area contributed by atoms with E-state index in [9.17, 15) is 0 Å². The number of rotatable bonds is 6. The summed E-state index contributed by atoms with van der Waals surface area (Å²) in [6.07, 6.45) is 2.76. The van der Waals surface area contributed by atoms with Crippen LogP contribution in [0.2, 0.25) is 28.6 Å². The third-order valence-electron chi connectivity index (χ3n) is 2.43. The van der Waals surface area contributed by atoms with Gasteiger partial charge in [0.1, 0.15) is 0 Å². The van der Waals surface area contributed by atoms with Crippen LogP contribution in [-0.4, -0.2) is 37.3 Å². The summed E-state index contributed by atoms with van der Waals surface area (Å²) >= 11 is -3.51. The van der Waals surface area contributed by atoms with E-state index in [1.54, 1.807) is 0 Å². The zero-order valence-corrected chi connectivity index (χ0v) is 16.0. The molecule has 0 fully saturated rings. The summed E-state index contributed by atoms with van der Waals surface area (Å²) in [7, 11) is 0. The molecule has 0 radical (unpaired) electrons. The summed E-state index contributed by atoms with van der Waals surface area (Å²) in [6.45, 7) is 4.64. The molecule has 0 aromatic rings. The Morgan fingerprint density at radius 2 is 1.08 bits per heavy atom. The van der Waals surface area contributed by atoms with Gasteiger partial charge in [-0.3, -0.25) is 0 Å². The number of hydrogen-bond donors (Lipinski definition) is 1. The summed E-state index contributed by atoms with van der Waals surface area (Å²) in [6, 6.07) is 0. The van der Waals surface area contributed by atoms with Crippen LogP contribution in [0.1, 0.15) is 26.7 Å². The van der Waals surface area contributed by atoms with Gasteiger partial charge in [0, 0.05) is 0 Å². The van der Waals surface area contributed by atoms with Gasteiger partial charge in [-0.05, 0) is 0 Å². The van der Waals surface area contributed by atoms with Crippen molar-refractivity contribution < 1.29 is 0 Å². The summed E-state index contributed by atoms with van der Waals surface area (Å²) in [4.78, 5) is 10.2. The Morgan fingerprint density at radius 1 is 0.769 bits per heavy atom. The molecule has 3 heteroatoms. The Kier molecular flexibility index (Phi) is 6.95. The van der Waals surface area contributed by atoms with Gasteiger partial charge in [-0.2, -0.15) is 0 Å². The van der Waals surface area contributed by atoms with Crippen molar-refractivity contribution in [3.63, 3.8) is 0 Å². The van der Waals surface area contributed by atoms with E-state index >= 15 is 0 Å². The first-order valence-corrected chi connectivity index (χ1v) is 23.9. The molecule has 0 spiro atoms. The summed E-state index contributed by atoms with van der Waals surface area (Å²) in [5.74, 6) is 0. The van der Waals surface area contributed by atoms with E-state index in [1.807, 2.05) is 0 Å². The van der Waals surface area contributed by atoms with Gasteiger partial charge in [-0.25, -0.2) is 0 Å². The molecule has 0 rings (SSSR count). The molecule has 0 aromatic heterocycles. The first-order valence-electron chi connectivity index (χ1n) is 5.62. The van der Waals surface area contributed by atoms with Crippen molar-refractivity contribution in [2.75, 3.05) is 0 Å². The minimum absolute atomic E-state index is 1.38. The maximum atomic E-state index is 4.15. The average molecular weight is 399 g/mol. The fourth-order valence-electron chi connectivity index (χ4n) is 2.29. The molecular formula is C10H27NSn2. The van der Waals surface area contributed by atoms with Gasteiger partial charge in [0.25, 0.3) is 0 Å². The van der Waals surface area contributed by atoms with E-state index in [0.29, 0.717) is 0 Å². The molecule has 0 saturated heterocycles. The second-order valence-electron chi connectivity index (χ2n) is 5.39. The van der Waals surface area contributed by atoms with E-state index in [1.165, 1.54) is 21.7 Å². The predicted molar refractivity (Wildman–Crippen MR) is 68.3 cm³/mol. The molecule has 1 nitrogen and oxygen atoms in total. The van der Waals surface area contributed by atoms with Gasteiger partial charge in [0.15, 0.2) is 0 Å². The molecule has 0 aliphatic rings. The quantitative estimate of drug-likeness (QED) is 0.671. The van der Waals surface area contributed by atoms with Gasteiger partial charge in [0.2, 0.25) is 0 Å². The monoisotopic (exact) mass is 401 g/mol. The summed E-state index contributed by atoms with van der Waals surface area (Å²) in [5.41, 5.74) is 0. The molecule has 0 amide bonds. The standard InChI is InChI=1S/2C3H7.4CH3.HN.2Sn/c2*1-3-2;;;;;;;/h2*1,3H2,2H3;4*1H3;1H;;. The molecule has 0 atom stereocenters. The molecule has 0 aliphatic carbocycles. The molecular weight excluding hydrogens is 372 g/mol. The maximum absolute atomic E-state index is 4.15. The molecule has 0 saturated carbocycles. The molecule has 1 N–H and O–H groups in total. The van der Waals surface area contributed by atoms with E-state index in [-0.39, 0.29) is 0 Å². The minimum atomic E-state index is -1.76. The van der Waals surface area contributed by atoms with Gasteiger partial charge < -0.3 is 0 Å². The topological polar surface area (TPSA) is 12.0 Å². The summed E-state index contributed by atoms with van der Waals surface area (Å²) in [5, 5.41) is 0. The van der Waals surface area contributed by atoms with E-state index in [4.69, 9.17) is 0 Å². The van der Waals surface area contributed by atoms with Gasteiger partial charge in [-0.1, -0.05) is 0 Å². The Labute approximate surface area is 93.5 Å². The number of nitrogens with one attached hydrogen (secondary N) is 1. The molecule has 0 aromatic carbocycles.